The average molecular weight is 348 g/mol. The third-order valence-corrected chi connectivity index (χ3v) is 3.35. The normalized spacial score (nSPS) is 10.1. The van der Waals surface area contributed by atoms with Crippen LogP contribution in [0.5, 0.6) is 5.75 Å². The lowest BCUT2D eigenvalue weighted by atomic mass is 10.2. The van der Waals surface area contributed by atoms with Gasteiger partial charge in [0.15, 0.2) is 6.61 Å². The molecule has 2 rings (SSSR count). The van der Waals surface area contributed by atoms with E-state index >= 15 is 0 Å². The van der Waals surface area contributed by atoms with Crippen LogP contribution in [-0.2, 0) is 16.1 Å². The number of amides is 1. The monoisotopic (exact) mass is 347 g/mol. The molecule has 0 bridgehead atoms. The summed E-state index contributed by atoms with van der Waals surface area (Å²) in [4.78, 5) is 23.7. The molecule has 126 valence electrons. The Morgan fingerprint density at radius 3 is 2.67 bits per heavy atom. The second-order valence-corrected chi connectivity index (χ2v) is 5.35. The predicted octanol–water partition coefficient (Wildman–Crippen LogP) is 3.21. The van der Waals surface area contributed by atoms with Gasteiger partial charge in [-0.05, 0) is 36.8 Å². The maximum atomic E-state index is 11.9. The lowest BCUT2D eigenvalue weighted by Crippen LogP contribution is -2.28. The SMILES string of the molecule is CCOC(=O)c1ccccc1OCC(=O)NCc1cccc(Cl)c1. The Labute approximate surface area is 145 Å². The van der Waals surface area contributed by atoms with Crippen LogP contribution in [0.15, 0.2) is 48.5 Å². The van der Waals surface area contributed by atoms with Gasteiger partial charge in [0.1, 0.15) is 11.3 Å². The molecule has 0 aromatic heterocycles. The molecule has 0 radical (unpaired) electrons. The fourth-order valence-corrected chi connectivity index (χ4v) is 2.22. The molecule has 0 aliphatic carbocycles. The van der Waals surface area contributed by atoms with Gasteiger partial charge in [0.05, 0.1) is 6.61 Å². The standard InChI is InChI=1S/C18H18ClNO4/c1-2-23-18(22)15-8-3-4-9-16(15)24-12-17(21)20-11-13-6-5-7-14(19)10-13/h3-10H,2,11-12H2,1H3,(H,20,21). The summed E-state index contributed by atoms with van der Waals surface area (Å²) in [5, 5.41) is 3.34. The molecular formula is C18H18ClNO4. The first-order valence-corrected chi connectivity index (χ1v) is 7.88. The van der Waals surface area contributed by atoms with Crippen molar-refractivity contribution in [3.63, 3.8) is 0 Å². The number of halogens is 1. The van der Waals surface area contributed by atoms with Crippen LogP contribution in [0.4, 0.5) is 0 Å². The fourth-order valence-electron chi connectivity index (χ4n) is 2.01. The zero-order valence-corrected chi connectivity index (χ0v) is 14.0. The van der Waals surface area contributed by atoms with Crippen LogP contribution in [0.3, 0.4) is 0 Å². The lowest BCUT2D eigenvalue weighted by molar-refractivity contribution is -0.123. The zero-order chi connectivity index (χ0) is 17.4. The third kappa shape index (κ3) is 5.28. The number of esters is 1. The predicted molar refractivity (Wildman–Crippen MR) is 91.2 cm³/mol. The van der Waals surface area contributed by atoms with Crippen LogP contribution < -0.4 is 10.1 Å². The van der Waals surface area contributed by atoms with E-state index in [1.165, 1.54) is 0 Å². The quantitative estimate of drug-likeness (QED) is 0.781. The Morgan fingerprint density at radius 2 is 1.92 bits per heavy atom. The molecule has 0 saturated heterocycles. The maximum Gasteiger partial charge on any atom is 0.341 e. The number of carbonyl (C=O) groups excluding carboxylic acids is 2. The Balaban J connectivity index is 1.89. The van der Waals surface area contributed by atoms with E-state index in [9.17, 15) is 9.59 Å². The minimum absolute atomic E-state index is 0.197. The fraction of sp³-hybridized carbons (Fsp3) is 0.222. The van der Waals surface area contributed by atoms with Gasteiger partial charge in [-0.3, -0.25) is 4.79 Å². The molecule has 1 amide bonds. The number of ether oxygens (including phenoxy) is 2. The number of nitrogens with one attached hydrogen (secondary N) is 1. The van der Waals surface area contributed by atoms with Gasteiger partial charge in [0, 0.05) is 11.6 Å². The van der Waals surface area contributed by atoms with E-state index in [1.54, 1.807) is 43.3 Å². The summed E-state index contributed by atoms with van der Waals surface area (Å²) in [6.45, 7) is 2.15. The second kappa shape index (κ2) is 8.93. The van der Waals surface area contributed by atoms with Crippen LogP contribution in [0, 0.1) is 0 Å². The molecule has 0 spiro atoms. The molecule has 6 heteroatoms. The summed E-state index contributed by atoms with van der Waals surface area (Å²) in [6, 6.07) is 13.9. The molecule has 0 atom stereocenters. The molecule has 0 fully saturated rings. The topological polar surface area (TPSA) is 64.6 Å². The molecular weight excluding hydrogens is 330 g/mol. The van der Waals surface area contributed by atoms with Gasteiger partial charge in [-0.25, -0.2) is 4.79 Å². The molecule has 2 aromatic rings. The van der Waals surface area contributed by atoms with Gasteiger partial charge in [0.25, 0.3) is 5.91 Å². The smallest absolute Gasteiger partial charge is 0.341 e. The molecule has 0 aliphatic heterocycles. The Bertz CT molecular complexity index is 718. The van der Waals surface area contributed by atoms with E-state index in [4.69, 9.17) is 21.1 Å². The second-order valence-electron chi connectivity index (χ2n) is 4.91. The van der Waals surface area contributed by atoms with E-state index in [-0.39, 0.29) is 19.1 Å². The summed E-state index contributed by atoms with van der Waals surface area (Å²) in [5.41, 5.74) is 1.18. The minimum Gasteiger partial charge on any atom is -0.483 e. The van der Waals surface area contributed by atoms with Gasteiger partial charge in [-0.1, -0.05) is 35.9 Å². The van der Waals surface area contributed by atoms with Crippen LogP contribution >= 0.6 is 11.6 Å². The van der Waals surface area contributed by atoms with Gasteiger partial charge < -0.3 is 14.8 Å². The first-order valence-electron chi connectivity index (χ1n) is 7.50. The summed E-state index contributed by atoms with van der Waals surface area (Å²) in [7, 11) is 0. The third-order valence-electron chi connectivity index (χ3n) is 3.12. The number of hydrogen-bond acceptors (Lipinski definition) is 4. The largest absolute Gasteiger partial charge is 0.483 e. The van der Waals surface area contributed by atoms with Crippen LogP contribution in [0.25, 0.3) is 0 Å². The molecule has 0 saturated carbocycles. The van der Waals surface area contributed by atoms with Crippen LogP contribution in [0.2, 0.25) is 5.02 Å². The molecule has 5 nitrogen and oxygen atoms in total. The van der Waals surface area contributed by atoms with Crippen molar-refractivity contribution in [1.82, 2.24) is 5.32 Å². The Kier molecular flexibility index (Phi) is 6.63. The molecule has 24 heavy (non-hydrogen) atoms. The Hall–Kier alpha value is -2.53. The first kappa shape index (κ1) is 17.8. The molecule has 1 N–H and O–H groups in total. The van der Waals surface area contributed by atoms with Crippen molar-refractivity contribution < 1.29 is 19.1 Å². The van der Waals surface area contributed by atoms with E-state index in [1.807, 2.05) is 12.1 Å². The summed E-state index contributed by atoms with van der Waals surface area (Å²) in [6.07, 6.45) is 0. The molecule has 0 unspecified atom stereocenters. The maximum absolute atomic E-state index is 11.9. The van der Waals surface area contributed by atoms with Crippen molar-refractivity contribution in [1.29, 1.82) is 0 Å². The van der Waals surface area contributed by atoms with Crippen LogP contribution in [-0.4, -0.2) is 25.1 Å². The number of benzene rings is 2. The summed E-state index contributed by atoms with van der Waals surface area (Å²) < 4.78 is 10.4. The highest BCUT2D eigenvalue weighted by Crippen LogP contribution is 2.19. The molecule has 0 heterocycles. The first-order chi connectivity index (χ1) is 11.6. The van der Waals surface area contributed by atoms with Crippen LogP contribution in [0.1, 0.15) is 22.8 Å². The van der Waals surface area contributed by atoms with Gasteiger partial charge in [-0.15, -0.1) is 0 Å². The van der Waals surface area contributed by atoms with Crippen molar-refractivity contribution in [2.24, 2.45) is 0 Å². The number of hydrogen-bond donors (Lipinski definition) is 1. The highest BCUT2D eigenvalue weighted by Gasteiger charge is 2.14. The average Bonchev–Trinajstić information content (AvgIpc) is 2.58. The highest BCUT2D eigenvalue weighted by molar-refractivity contribution is 6.30. The molecule has 0 aliphatic rings. The summed E-state index contributed by atoms with van der Waals surface area (Å²) >= 11 is 5.89. The van der Waals surface area contributed by atoms with E-state index in [0.29, 0.717) is 22.9 Å². The van der Waals surface area contributed by atoms with Gasteiger partial charge >= 0.3 is 5.97 Å². The summed E-state index contributed by atoms with van der Waals surface area (Å²) in [5.74, 6) is -0.463. The number of rotatable bonds is 7. The van der Waals surface area contributed by atoms with Crippen molar-refractivity contribution in [3.8, 4) is 5.75 Å². The number of carbonyl (C=O) groups is 2. The van der Waals surface area contributed by atoms with Crippen molar-refractivity contribution in [2.45, 2.75) is 13.5 Å². The van der Waals surface area contributed by atoms with Crippen molar-refractivity contribution in [3.05, 3.63) is 64.7 Å². The highest BCUT2D eigenvalue weighted by atomic mass is 35.5. The van der Waals surface area contributed by atoms with Gasteiger partial charge in [-0.2, -0.15) is 0 Å². The van der Waals surface area contributed by atoms with Crippen molar-refractivity contribution >= 4 is 23.5 Å². The minimum atomic E-state index is -0.479. The van der Waals surface area contributed by atoms with Crippen molar-refractivity contribution in [2.75, 3.05) is 13.2 Å². The Morgan fingerprint density at radius 1 is 1.12 bits per heavy atom. The van der Waals surface area contributed by atoms with Gasteiger partial charge in [0.2, 0.25) is 0 Å². The number of para-hydroxylation sites is 1. The van der Waals surface area contributed by atoms with E-state index in [0.717, 1.165) is 5.56 Å². The molecule has 2 aromatic carbocycles. The van der Waals surface area contributed by atoms with E-state index < -0.39 is 5.97 Å². The van der Waals surface area contributed by atoms with E-state index in [2.05, 4.69) is 5.32 Å². The lowest BCUT2D eigenvalue weighted by Gasteiger charge is -2.11. The zero-order valence-electron chi connectivity index (χ0n) is 13.3.